The Morgan fingerprint density at radius 1 is 0.396 bits per heavy atom. The maximum atomic E-state index is 2.49. The molecule has 0 fully saturated rings. The van der Waals surface area contributed by atoms with Crippen LogP contribution in [0.2, 0.25) is 0 Å². The van der Waals surface area contributed by atoms with Crippen molar-refractivity contribution in [3.63, 3.8) is 0 Å². The van der Waals surface area contributed by atoms with E-state index in [9.17, 15) is 0 Å². The van der Waals surface area contributed by atoms with E-state index in [1.54, 1.807) is 0 Å². The summed E-state index contributed by atoms with van der Waals surface area (Å²) in [5, 5.41) is 7.71. The SMILES string of the molecule is CCC1(CC)c2cc(N(c3ccc(-c4ccccc4)cc3)c3ccc4c(ccc5ccccc54)c3)ccc2-c2cc3ccccc3cc21. The number of hydrogen-bond acceptors (Lipinski definition) is 1. The lowest BCUT2D eigenvalue weighted by molar-refractivity contribution is 0.491. The fraction of sp³-hybridized carbons (Fsp3) is 0.106. The molecule has 1 heteroatoms. The topological polar surface area (TPSA) is 3.24 Å². The van der Waals surface area contributed by atoms with Gasteiger partial charge in [0, 0.05) is 22.5 Å². The Bertz CT molecular complexity index is 2470. The normalized spacial score (nSPS) is 13.1. The molecule has 1 aliphatic carbocycles. The zero-order chi connectivity index (χ0) is 32.2. The van der Waals surface area contributed by atoms with Gasteiger partial charge < -0.3 is 4.90 Å². The van der Waals surface area contributed by atoms with Crippen molar-refractivity contribution in [1.82, 2.24) is 0 Å². The van der Waals surface area contributed by atoms with Crippen molar-refractivity contribution in [2.24, 2.45) is 0 Å². The highest BCUT2D eigenvalue weighted by Gasteiger charge is 2.41. The second-order valence-corrected chi connectivity index (χ2v) is 13.2. The van der Waals surface area contributed by atoms with Gasteiger partial charge in [0.2, 0.25) is 0 Å². The Balaban J connectivity index is 1.24. The third-order valence-corrected chi connectivity index (χ3v) is 10.9. The molecule has 1 nitrogen and oxygen atoms in total. The van der Waals surface area contributed by atoms with Gasteiger partial charge in [-0.25, -0.2) is 0 Å². The first-order valence-electron chi connectivity index (χ1n) is 17.2. The molecule has 0 heterocycles. The van der Waals surface area contributed by atoms with Crippen LogP contribution >= 0.6 is 0 Å². The van der Waals surface area contributed by atoms with E-state index in [4.69, 9.17) is 0 Å². The van der Waals surface area contributed by atoms with Crippen LogP contribution in [0.4, 0.5) is 17.1 Å². The van der Waals surface area contributed by atoms with Crippen molar-refractivity contribution >= 4 is 49.4 Å². The molecule has 1 aliphatic rings. The molecule has 8 aromatic carbocycles. The van der Waals surface area contributed by atoms with Gasteiger partial charge in [-0.05, 0) is 127 Å². The monoisotopic (exact) mass is 615 g/mol. The van der Waals surface area contributed by atoms with E-state index < -0.39 is 0 Å². The van der Waals surface area contributed by atoms with Crippen LogP contribution in [0, 0.1) is 0 Å². The Morgan fingerprint density at radius 2 is 0.958 bits per heavy atom. The molecule has 0 aromatic heterocycles. The lowest BCUT2D eigenvalue weighted by Gasteiger charge is -2.32. The number of hydrogen-bond donors (Lipinski definition) is 0. The molecule has 0 saturated carbocycles. The van der Waals surface area contributed by atoms with Gasteiger partial charge in [0.15, 0.2) is 0 Å². The summed E-state index contributed by atoms with van der Waals surface area (Å²) in [4.78, 5) is 2.44. The lowest BCUT2D eigenvalue weighted by atomic mass is 9.73. The summed E-state index contributed by atoms with van der Waals surface area (Å²) in [6.07, 6.45) is 2.11. The molecule has 0 atom stereocenters. The van der Waals surface area contributed by atoms with Crippen molar-refractivity contribution in [2.45, 2.75) is 32.1 Å². The molecule has 0 unspecified atom stereocenters. The second kappa shape index (κ2) is 11.2. The molecule has 0 N–H and O–H groups in total. The summed E-state index contributed by atoms with van der Waals surface area (Å²) in [6, 6.07) is 60.7. The summed E-state index contributed by atoms with van der Waals surface area (Å²) < 4.78 is 0. The first-order chi connectivity index (χ1) is 23.7. The van der Waals surface area contributed by atoms with Gasteiger partial charge >= 0.3 is 0 Å². The first kappa shape index (κ1) is 28.6. The minimum atomic E-state index is -0.0319. The molecule has 48 heavy (non-hydrogen) atoms. The first-order valence-corrected chi connectivity index (χ1v) is 17.2. The number of nitrogens with zero attached hydrogens (tertiary/aromatic N) is 1. The van der Waals surface area contributed by atoms with E-state index >= 15 is 0 Å². The fourth-order valence-corrected chi connectivity index (χ4v) is 8.34. The van der Waals surface area contributed by atoms with Gasteiger partial charge in [-0.2, -0.15) is 0 Å². The average molecular weight is 616 g/mol. The third kappa shape index (κ3) is 4.38. The third-order valence-electron chi connectivity index (χ3n) is 10.9. The molecule has 0 radical (unpaired) electrons. The standard InChI is InChI=1S/C47H37N/c1-3-47(4-2)45-30-36-16-9-8-15-35(36)29-44(45)43-27-25-40(31-46(43)47)48(38-22-20-33(21-23-38)32-12-6-5-7-13-32)39-24-26-42-37(28-39)19-18-34-14-10-11-17-41(34)42/h5-31H,3-4H2,1-2H3. The summed E-state index contributed by atoms with van der Waals surface area (Å²) in [5.41, 5.74) is 11.6. The maximum Gasteiger partial charge on any atom is 0.0468 e. The Morgan fingerprint density at radius 3 is 1.73 bits per heavy atom. The van der Waals surface area contributed by atoms with Crippen LogP contribution in [-0.2, 0) is 5.41 Å². The number of anilines is 3. The van der Waals surface area contributed by atoms with E-state index in [2.05, 4.69) is 183 Å². The van der Waals surface area contributed by atoms with E-state index in [0.29, 0.717) is 0 Å². The minimum Gasteiger partial charge on any atom is -0.310 e. The van der Waals surface area contributed by atoms with E-state index in [0.717, 1.165) is 24.2 Å². The second-order valence-electron chi connectivity index (χ2n) is 13.2. The van der Waals surface area contributed by atoms with Crippen molar-refractivity contribution < 1.29 is 0 Å². The molecule has 0 aliphatic heterocycles. The van der Waals surface area contributed by atoms with Crippen LogP contribution < -0.4 is 4.90 Å². The molecule has 0 saturated heterocycles. The largest absolute Gasteiger partial charge is 0.310 e. The average Bonchev–Trinajstić information content (AvgIpc) is 3.42. The van der Waals surface area contributed by atoms with E-state index in [1.165, 1.54) is 71.4 Å². The van der Waals surface area contributed by atoms with Crippen LogP contribution in [0.5, 0.6) is 0 Å². The highest BCUT2D eigenvalue weighted by molar-refractivity contribution is 6.08. The van der Waals surface area contributed by atoms with Crippen LogP contribution in [0.1, 0.15) is 37.8 Å². The summed E-state index contributed by atoms with van der Waals surface area (Å²) >= 11 is 0. The highest BCUT2D eigenvalue weighted by Crippen LogP contribution is 2.55. The summed E-state index contributed by atoms with van der Waals surface area (Å²) in [6.45, 7) is 4.72. The Labute approximate surface area is 282 Å². The maximum absolute atomic E-state index is 2.49. The fourth-order valence-electron chi connectivity index (χ4n) is 8.34. The summed E-state index contributed by atoms with van der Waals surface area (Å²) in [7, 11) is 0. The molecule has 230 valence electrons. The van der Waals surface area contributed by atoms with Gasteiger partial charge in [0.1, 0.15) is 0 Å². The molecule has 0 bridgehead atoms. The smallest absolute Gasteiger partial charge is 0.0468 e. The highest BCUT2D eigenvalue weighted by atomic mass is 15.1. The van der Waals surface area contributed by atoms with E-state index in [-0.39, 0.29) is 5.41 Å². The number of fused-ring (bicyclic) bond motifs is 7. The van der Waals surface area contributed by atoms with Crippen molar-refractivity contribution in [3.8, 4) is 22.3 Å². The molecular weight excluding hydrogens is 579 g/mol. The number of rotatable bonds is 6. The van der Waals surface area contributed by atoms with Crippen LogP contribution in [-0.4, -0.2) is 0 Å². The van der Waals surface area contributed by atoms with Crippen LogP contribution in [0.25, 0.3) is 54.6 Å². The Hall–Kier alpha value is -5.66. The zero-order valence-corrected chi connectivity index (χ0v) is 27.4. The predicted molar refractivity (Wildman–Crippen MR) is 206 cm³/mol. The van der Waals surface area contributed by atoms with Crippen molar-refractivity contribution in [1.29, 1.82) is 0 Å². The van der Waals surface area contributed by atoms with Gasteiger partial charge in [-0.1, -0.05) is 129 Å². The van der Waals surface area contributed by atoms with Crippen LogP contribution in [0.3, 0.4) is 0 Å². The summed E-state index contributed by atoms with van der Waals surface area (Å²) in [5.74, 6) is 0. The zero-order valence-electron chi connectivity index (χ0n) is 27.4. The van der Waals surface area contributed by atoms with Gasteiger partial charge in [0.05, 0.1) is 0 Å². The lowest BCUT2D eigenvalue weighted by Crippen LogP contribution is -2.23. The quantitative estimate of drug-likeness (QED) is 0.168. The molecule has 8 aromatic rings. The Kier molecular flexibility index (Phi) is 6.69. The van der Waals surface area contributed by atoms with Gasteiger partial charge in [-0.15, -0.1) is 0 Å². The molecule has 9 rings (SSSR count). The van der Waals surface area contributed by atoms with Gasteiger partial charge in [0.25, 0.3) is 0 Å². The molecular formula is C47H37N. The van der Waals surface area contributed by atoms with Crippen LogP contribution in [0.15, 0.2) is 164 Å². The van der Waals surface area contributed by atoms with E-state index in [1.807, 2.05) is 0 Å². The molecule has 0 spiro atoms. The predicted octanol–water partition coefficient (Wildman–Crippen LogP) is 13.4. The minimum absolute atomic E-state index is 0.0319. The van der Waals surface area contributed by atoms with Crippen molar-refractivity contribution in [3.05, 3.63) is 175 Å². The number of benzene rings is 8. The van der Waals surface area contributed by atoms with Crippen molar-refractivity contribution in [2.75, 3.05) is 4.90 Å². The van der Waals surface area contributed by atoms with Gasteiger partial charge in [-0.3, -0.25) is 0 Å². The molecule has 0 amide bonds.